The van der Waals surface area contributed by atoms with Gasteiger partial charge < -0.3 is 5.11 Å². The molecule has 0 aliphatic rings. The molecule has 0 fully saturated rings. The zero-order valence-electron chi connectivity index (χ0n) is 13.9. The second-order valence-corrected chi connectivity index (χ2v) is 5.87. The lowest BCUT2D eigenvalue weighted by Crippen LogP contribution is -2.22. The Morgan fingerprint density at radius 1 is 0.808 bits per heavy atom. The molecule has 0 aliphatic heterocycles. The van der Waals surface area contributed by atoms with Crippen molar-refractivity contribution in [2.24, 2.45) is 0 Å². The fourth-order valence-corrected chi connectivity index (χ4v) is 3.03. The maximum Gasteiger partial charge on any atom is 0.267 e. The summed E-state index contributed by atoms with van der Waals surface area (Å²) in [5.41, 5.74) is 2.75. The number of aromatic hydroxyl groups is 1. The number of benzene rings is 2. The van der Waals surface area contributed by atoms with Gasteiger partial charge in [-0.3, -0.25) is 14.3 Å². The molecule has 0 saturated carbocycles. The highest BCUT2D eigenvalue weighted by atomic mass is 16.3. The standard InChI is InChI=1S/C22H16N2O2/c25-20-14-19(17-10-7-13-23-15-17)24(18-11-5-2-6-12-18)22(26)21(20)16-8-3-1-4-9-16/h1-15,25H. The highest BCUT2D eigenvalue weighted by Crippen LogP contribution is 2.31. The van der Waals surface area contributed by atoms with Crippen LogP contribution in [-0.4, -0.2) is 14.7 Å². The van der Waals surface area contributed by atoms with Gasteiger partial charge in [-0.15, -0.1) is 0 Å². The lowest BCUT2D eigenvalue weighted by Gasteiger charge is -2.16. The van der Waals surface area contributed by atoms with Crippen LogP contribution in [0.25, 0.3) is 28.1 Å². The summed E-state index contributed by atoms with van der Waals surface area (Å²) in [5, 5.41) is 10.6. The SMILES string of the molecule is O=c1c(-c2ccccc2)c(O)cc(-c2cccnc2)n1-c1ccccc1. The Hall–Kier alpha value is -3.66. The highest BCUT2D eigenvalue weighted by molar-refractivity contribution is 5.74. The average molecular weight is 340 g/mol. The third kappa shape index (κ3) is 2.78. The van der Waals surface area contributed by atoms with E-state index < -0.39 is 0 Å². The van der Waals surface area contributed by atoms with Crippen LogP contribution in [0.4, 0.5) is 0 Å². The van der Waals surface area contributed by atoms with Crippen LogP contribution in [0.5, 0.6) is 5.75 Å². The van der Waals surface area contributed by atoms with Crippen molar-refractivity contribution in [1.29, 1.82) is 0 Å². The first-order valence-corrected chi connectivity index (χ1v) is 8.26. The molecule has 0 bridgehead atoms. The van der Waals surface area contributed by atoms with Crippen molar-refractivity contribution in [3.8, 4) is 33.8 Å². The van der Waals surface area contributed by atoms with Gasteiger partial charge in [0.2, 0.25) is 0 Å². The highest BCUT2D eigenvalue weighted by Gasteiger charge is 2.18. The van der Waals surface area contributed by atoms with Crippen LogP contribution < -0.4 is 5.56 Å². The Bertz CT molecular complexity index is 1090. The zero-order chi connectivity index (χ0) is 17.9. The number of pyridine rings is 2. The predicted octanol–water partition coefficient (Wildman–Crippen LogP) is 4.27. The van der Waals surface area contributed by atoms with Crippen LogP contribution in [0.1, 0.15) is 0 Å². The molecule has 4 nitrogen and oxygen atoms in total. The van der Waals surface area contributed by atoms with Gasteiger partial charge in [0, 0.05) is 29.7 Å². The van der Waals surface area contributed by atoms with Gasteiger partial charge in [-0.1, -0.05) is 48.5 Å². The van der Waals surface area contributed by atoms with E-state index in [1.165, 1.54) is 0 Å². The molecule has 1 N–H and O–H groups in total. The van der Waals surface area contributed by atoms with E-state index in [4.69, 9.17) is 0 Å². The van der Waals surface area contributed by atoms with Gasteiger partial charge in [0.25, 0.3) is 5.56 Å². The molecule has 0 spiro atoms. The maximum absolute atomic E-state index is 13.4. The quantitative estimate of drug-likeness (QED) is 0.606. The minimum absolute atomic E-state index is 0.0489. The molecule has 4 aromatic rings. The van der Waals surface area contributed by atoms with Gasteiger partial charge >= 0.3 is 0 Å². The molecule has 2 aromatic carbocycles. The van der Waals surface area contributed by atoms with Crippen LogP contribution in [-0.2, 0) is 0 Å². The summed E-state index contributed by atoms with van der Waals surface area (Å²) in [4.78, 5) is 17.5. The number of nitrogens with zero attached hydrogens (tertiary/aromatic N) is 2. The van der Waals surface area contributed by atoms with Crippen LogP contribution in [0.3, 0.4) is 0 Å². The number of para-hydroxylation sites is 1. The predicted molar refractivity (Wildman–Crippen MR) is 102 cm³/mol. The second-order valence-electron chi connectivity index (χ2n) is 5.87. The van der Waals surface area contributed by atoms with Gasteiger partial charge in [0.05, 0.1) is 11.3 Å². The molecule has 0 aliphatic carbocycles. The average Bonchev–Trinajstić information content (AvgIpc) is 2.70. The summed E-state index contributed by atoms with van der Waals surface area (Å²) in [6.45, 7) is 0. The van der Waals surface area contributed by atoms with Gasteiger partial charge in [-0.25, -0.2) is 0 Å². The van der Waals surface area contributed by atoms with Crippen LogP contribution in [0.2, 0.25) is 0 Å². The third-order valence-electron chi connectivity index (χ3n) is 4.22. The zero-order valence-corrected chi connectivity index (χ0v) is 13.9. The molecule has 2 aromatic heterocycles. The van der Waals surface area contributed by atoms with Gasteiger partial charge in [-0.2, -0.15) is 0 Å². The number of hydrogen-bond acceptors (Lipinski definition) is 3. The van der Waals surface area contributed by atoms with E-state index in [1.807, 2.05) is 66.7 Å². The normalized spacial score (nSPS) is 10.6. The molecule has 0 radical (unpaired) electrons. The van der Waals surface area contributed by atoms with Crippen molar-refractivity contribution in [3.05, 3.63) is 102 Å². The summed E-state index contributed by atoms with van der Waals surface area (Å²) in [6.07, 6.45) is 3.35. The van der Waals surface area contributed by atoms with Gasteiger partial charge in [-0.05, 0) is 29.8 Å². The van der Waals surface area contributed by atoms with Crippen LogP contribution in [0, 0.1) is 0 Å². The van der Waals surface area contributed by atoms with Crippen molar-refractivity contribution in [3.63, 3.8) is 0 Å². The summed E-state index contributed by atoms with van der Waals surface area (Å²) in [7, 11) is 0. The molecule has 0 saturated heterocycles. The smallest absolute Gasteiger partial charge is 0.267 e. The van der Waals surface area contributed by atoms with E-state index in [-0.39, 0.29) is 16.9 Å². The minimum Gasteiger partial charge on any atom is -0.507 e. The van der Waals surface area contributed by atoms with E-state index in [0.29, 0.717) is 11.3 Å². The van der Waals surface area contributed by atoms with E-state index in [0.717, 1.165) is 11.3 Å². The molecule has 0 unspecified atom stereocenters. The minimum atomic E-state index is -0.277. The topological polar surface area (TPSA) is 55.1 Å². The van der Waals surface area contributed by atoms with Crippen molar-refractivity contribution >= 4 is 0 Å². The van der Waals surface area contributed by atoms with Crippen LogP contribution in [0.15, 0.2) is 96.1 Å². The summed E-state index contributed by atoms with van der Waals surface area (Å²) in [6, 6.07) is 23.9. The third-order valence-corrected chi connectivity index (χ3v) is 4.22. The fraction of sp³-hybridized carbons (Fsp3) is 0. The van der Waals surface area contributed by atoms with Crippen LogP contribution >= 0.6 is 0 Å². The fourth-order valence-electron chi connectivity index (χ4n) is 3.03. The van der Waals surface area contributed by atoms with E-state index in [1.54, 1.807) is 29.1 Å². The van der Waals surface area contributed by atoms with E-state index in [2.05, 4.69) is 4.98 Å². The van der Waals surface area contributed by atoms with Crippen molar-refractivity contribution in [1.82, 2.24) is 9.55 Å². The number of aromatic nitrogens is 2. The Morgan fingerprint density at radius 2 is 1.46 bits per heavy atom. The number of hydrogen-bond donors (Lipinski definition) is 1. The second kappa shape index (κ2) is 6.69. The van der Waals surface area contributed by atoms with E-state index in [9.17, 15) is 9.90 Å². The molecule has 2 heterocycles. The first-order chi connectivity index (χ1) is 12.8. The first-order valence-electron chi connectivity index (χ1n) is 8.26. The first kappa shape index (κ1) is 15.8. The van der Waals surface area contributed by atoms with Gasteiger partial charge in [0.1, 0.15) is 5.75 Å². The lowest BCUT2D eigenvalue weighted by molar-refractivity contribution is 0.475. The largest absolute Gasteiger partial charge is 0.507 e. The molecular formula is C22H16N2O2. The van der Waals surface area contributed by atoms with Gasteiger partial charge in [0.15, 0.2) is 0 Å². The monoisotopic (exact) mass is 340 g/mol. The molecule has 26 heavy (non-hydrogen) atoms. The van der Waals surface area contributed by atoms with Crippen molar-refractivity contribution in [2.75, 3.05) is 0 Å². The summed E-state index contributed by atoms with van der Waals surface area (Å²) >= 11 is 0. The maximum atomic E-state index is 13.4. The lowest BCUT2D eigenvalue weighted by atomic mass is 10.0. The molecule has 4 heteroatoms. The molecular weight excluding hydrogens is 324 g/mol. The Morgan fingerprint density at radius 3 is 2.12 bits per heavy atom. The number of rotatable bonds is 3. The molecule has 126 valence electrons. The van der Waals surface area contributed by atoms with Crippen molar-refractivity contribution < 1.29 is 5.11 Å². The Labute approximate surface area is 150 Å². The van der Waals surface area contributed by atoms with E-state index >= 15 is 0 Å². The Kier molecular flexibility index (Phi) is 4.07. The summed E-state index contributed by atoms with van der Waals surface area (Å²) < 4.78 is 1.61. The van der Waals surface area contributed by atoms with Crippen molar-refractivity contribution in [2.45, 2.75) is 0 Å². The Balaban J connectivity index is 2.07. The molecule has 4 rings (SSSR count). The summed E-state index contributed by atoms with van der Waals surface area (Å²) in [5.74, 6) is -0.0489. The molecule has 0 amide bonds. The molecule has 0 atom stereocenters.